The van der Waals surface area contributed by atoms with E-state index in [9.17, 15) is 58.2 Å². The highest BCUT2D eigenvalue weighted by atomic mass is 127. The largest absolute Gasteiger partial charge is 0.507 e. The minimum atomic E-state index is -1.29. The number of unbranched alkanes of at least 4 members (excludes halogenated alkanes) is 2. The number of hydrogen-bond acceptors (Lipinski definition) is 17. The summed E-state index contributed by atoms with van der Waals surface area (Å²) in [5.41, 5.74) is 5.59. The maximum atomic E-state index is 14.8. The summed E-state index contributed by atoms with van der Waals surface area (Å²) in [6.45, 7) is 4.24. The number of benzene rings is 3. The van der Waals surface area contributed by atoms with Crippen LogP contribution in [0, 0.1) is 5.92 Å². The number of carbonyl (C=O) groups excluding carboxylic acids is 10. The summed E-state index contributed by atoms with van der Waals surface area (Å²) in [6.07, 6.45) is 1.60. The number of imide groups is 1. The highest BCUT2D eigenvalue weighted by Gasteiger charge is 2.51. The second-order valence-electron chi connectivity index (χ2n) is 22.0. The molecule has 0 saturated carbocycles. The van der Waals surface area contributed by atoms with Crippen molar-refractivity contribution in [3.8, 4) is 17.2 Å². The van der Waals surface area contributed by atoms with E-state index in [1.54, 1.807) is 49.1 Å². The number of ketones is 2. The SMILES string of the molecule is COc1cccc2c1C(=O)c1c(O)c3c(c(O)c1C2=O)C[C@@](I)(C(=O)N1CCN(C(=O)OCc2ccc(NC(=O)[C@H](CCCNC(N)=O)NC(=O)[C@@H](NC(=O)CCCCCN4C(=O)CC(S)C4=O)C(C)C)cc2)CC1)C[C@@H]3O[C@H]1CCC[C@H](I)O1. The number of anilines is 1. The lowest BCUT2D eigenvalue weighted by molar-refractivity contribution is -0.199. The Morgan fingerprint density at radius 1 is 0.871 bits per heavy atom. The predicted molar refractivity (Wildman–Crippen MR) is 327 cm³/mol. The number of hydrogen-bond donors (Lipinski definition) is 8. The van der Waals surface area contributed by atoms with Crippen LogP contribution < -0.4 is 31.7 Å². The number of thiol groups is 1. The van der Waals surface area contributed by atoms with Crippen molar-refractivity contribution in [2.24, 2.45) is 11.7 Å². The van der Waals surface area contributed by atoms with Gasteiger partial charge in [-0.25, -0.2) is 9.59 Å². The Kier molecular flexibility index (Phi) is 21.7. The zero-order chi connectivity index (χ0) is 61.4. The van der Waals surface area contributed by atoms with Crippen molar-refractivity contribution in [3.05, 3.63) is 81.4 Å². The lowest BCUT2D eigenvalue weighted by Gasteiger charge is -2.43. The number of likely N-dealkylation sites (tertiary alicyclic amines) is 1. The van der Waals surface area contributed by atoms with E-state index in [4.69, 9.17) is 24.7 Å². The molecule has 2 aliphatic carbocycles. The van der Waals surface area contributed by atoms with Crippen molar-refractivity contribution < 1.29 is 77.1 Å². The molecule has 24 nitrogen and oxygen atoms in total. The van der Waals surface area contributed by atoms with Crippen LogP contribution in [0.25, 0.3) is 0 Å². The molecule has 0 bridgehead atoms. The van der Waals surface area contributed by atoms with Crippen molar-refractivity contribution >= 4 is 123 Å². The normalized spacial score (nSPS) is 21.8. The Morgan fingerprint density at radius 2 is 1.58 bits per heavy atom. The third-order valence-corrected chi connectivity index (χ3v) is 18.3. The number of piperazine rings is 1. The van der Waals surface area contributed by atoms with Gasteiger partial charge in [-0.2, -0.15) is 12.6 Å². The number of methoxy groups -OCH3 is 1. The van der Waals surface area contributed by atoms with Gasteiger partial charge in [0.15, 0.2) is 12.1 Å². The summed E-state index contributed by atoms with van der Waals surface area (Å²) < 4.78 is 22.3. The molecule has 0 spiro atoms. The van der Waals surface area contributed by atoms with E-state index >= 15 is 0 Å². The van der Waals surface area contributed by atoms with Gasteiger partial charge in [0.1, 0.15) is 43.5 Å². The van der Waals surface area contributed by atoms with Gasteiger partial charge in [-0.1, -0.05) is 89.7 Å². The molecule has 0 aromatic heterocycles. The fourth-order valence-electron chi connectivity index (χ4n) is 11.2. The standard InChI is InChI=1S/C58H70I2N8O16S/c1-30(2)47(65-40(69)14-5-4-6-21-68-41(70)26-38(85)54(68)77)53(76)64-35(11-9-20-62-56(61)79)52(75)63-32-18-16-31(17-19-32)29-82-57(80)67-24-22-66(23-25-67)55(78)58(60)27-34-44(37(28-58)83-42-15-8-13-39(59)84-42)51(74)46-45(49(34)72)48(71)33-10-7-12-36(81-3)43(33)50(46)73/h7,10,12,16-19,30,35,37-39,42,47,72,74,85H,4-6,8-9,11,13-15,20-29H2,1-3H3,(H,63,75)(H,64,76)(H,65,69)(H3,61,62,79)/t35-,37-,38?,39+,42+,47-,58-/m0/s1. The van der Waals surface area contributed by atoms with Crippen molar-refractivity contribution in [1.82, 2.24) is 30.7 Å². The average molecular weight is 1420 g/mol. The monoisotopic (exact) mass is 1420 g/mol. The number of rotatable bonds is 22. The smallest absolute Gasteiger partial charge is 0.410 e. The van der Waals surface area contributed by atoms with E-state index < -0.39 is 80.2 Å². The van der Waals surface area contributed by atoms with Crippen LogP contribution in [0.2, 0.25) is 0 Å². The molecule has 3 aromatic rings. The van der Waals surface area contributed by atoms with Gasteiger partial charge in [0.2, 0.25) is 41.2 Å². The van der Waals surface area contributed by atoms with Crippen LogP contribution >= 0.6 is 57.8 Å². The molecule has 0 radical (unpaired) electrons. The van der Waals surface area contributed by atoms with Gasteiger partial charge in [-0.15, -0.1) is 0 Å². The number of nitrogens with two attached hydrogens (primary N) is 1. The van der Waals surface area contributed by atoms with Crippen LogP contribution in [0.15, 0.2) is 42.5 Å². The van der Waals surface area contributed by atoms with Crippen LogP contribution in [0.3, 0.4) is 0 Å². The number of primary amides is 1. The van der Waals surface area contributed by atoms with Crippen LogP contribution in [0.4, 0.5) is 15.3 Å². The van der Waals surface area contributed by atoms with Gasteiger partial charge in [0.25, 0.3) is 0 Å². The predicted octanol–water partition coefficient (Wildman–Crippen LogP) is 5.46. The minimum Gasteiger partial charge on any atom is -0.507 e. The van der Waals surface area contributed by atoms with E-state index in [0.29, 0.717) is 36.9 Å². The first-order chi connectivity index (χ1) is 40.5. The summed E-state index contributed by atoms with van der Waals surface area (Å²) >= 11 is 8.36. The van der Waals surface area contributed by atoms with Gasteiger partial charge in [-0.3, -0.25) is 43.3 Å². The molecule has 5 aliphatic rings. The Bertz CT molecular complexity index is 3110. The molecule has 7 atom stereocenters. The van der Waals surface area contributed by atoms with E-state index in [0.717, 1.165) is 12.8 Å². The number of carbonyl (C=O) groups is 10. The number of phenolic OH excluding ortho intramolecular Hbond substituents is 2. The van der Waals surface area contributed by atoms with Crippen molar-refractivity contribution in [2.45, 2.75) is 135 Å². The van der Waals surface area contributed by atoms with E-state index in [2.05, 4.69) is 56.5 Å². The molecule has 27 heteroatoms. The number of ether oxygens (including phenoxy) is 4. The second-order valence-corrected chi connectivity index (χ2v) is 26.1. The highest BCUT2D eigenvalue weighted by Crippen LogP contribution is 2.55. The van der Waals surface area contributed by atoms with Gasteiger partial charge in [0, 0.05) is 87.3 Å². The number of urea groups is 1. The summed E-state index contributed by atoms with van der Waals surface area (Å²) in [7, 11) is 1.36. The lowest BCUT2D eigenvalue weighted by atomic mass is 9.74. The molecule has 3 saturated heterocycles. The second kappa shape index (κ2) is 28.5. The third-order valence-electron chi connectivity index (χ3n) is 15.7. The van der Waals surface area contributed by atoms with E-state index in [-0.39, 0.29) is 157 Å². The summed E-state index contributed by atoms with van der Waals surface area (Å²) in [5, 5.41) is 34.3. The number of aromatic hydroxyl groups is 2. The number of halogens is 2. The molecule has 3 aromatic carbocycles. The number of nitrogens with zero attached hydrogens (tertiary/aromatic N) is 3. The van der Waals surface area contributed by atoms with Crippen LogP contribution in [0.5, 0.6) is 17.2 Å². The molecular weight excluding hydrogens is 1350 g/mol. The average Bonchev–Trinajstić information content (AvgIpc) is 1.40. The molecule has 8 N–H and O–H groups in total. The fraction of sp³-hybridized carbons (Fsp3) is 0.517. The maximum absolute atomic E-state index is 14.8. The highest BCUT2D eigenvalue weighted by molar-refractivity contribution is 14.1. The molecule has 1 unspecified atom stereocenters. The number of amides is 9. The van der Waals surface area contributed by atoms with Crippen LogP contribution in [-0.2, 0) is 56.0 Å². The summed E-state index contributed by atoms with van der Waals surface area (Å²) in [4.78, 5) is 137. The molecule has 3 aliphatic heterocycles. The molecule has 458 valence electrons. The first kappa shape index (κ1) is 64.7. The van der Waals surface area contributed by atoms with Crippen molar-refractivity contribution in [1.29, 1.82) is 0 Å². The molecular formula is C58H70I2N8O16S. The number of phenols is 2. The molecule has 85 heavy (non-hydrogen) atoms. The summed E-state index contributed by atoms with van der Waals surface area (Å²) in [6, 6.07) is 8.17. The first-order valence-electron chi connectivity index (χ1n) is 28.3. The lowest BCUT2D eigenvalue weighted by Crippen LogP contribution is -2.56. The topological polar surface area (TPSA) is 332 Å². The molecule has 9 amide bonds. The molecule has 8 rings (SSSR count). The minimum absolute atomic E-state index is 0.00152. The van der Waals surface area contributed by atoms with E-state index in [1.165, 1.54) is 29.0 Å². The maximum Gasteiger partial charge on any atom is 0.410 e. The van der Waals surface area contributed by atoms with Crippen LogP contribution in [0.1, 0.15) is 139 Å². The zero-order valence-corrected chi connectivity index (χ0v) is 52.5. The van der Waals surface area contributed by atoms with Crippen LogP contribution in [-0.4, -0.2) is 162 Å². The summed E-state index contributed by atoms with van der Waals surface area (Å²) in [5.74, 6) is -5.15. The van der Waals surface area contributed by atoms with Gasteiger partial charge in [-0.05, 0) is 74.6 Å². The molecule has 3 fully saturated rings. The first-order valence-corrected chi connectivity index (χ1v) is 31.1. The quantitative estimate of drug-likeness (QED) is 0.0121. The van der Waals surface area contributed by atoms with E-state index in [1.807, 2.05) is 22.6 Å². The molecule has 3 heterocycles. The Balaban J connectivity index is 0.850. The number of alkyl halides is 2. The van der Waals surface area contributed by atoms with Crippen molar-refractivity contribution in [2.75, 3.05) is 51.7 Å². The third kappa shape index (κ3) is 15.1. The van der Waals surface area contributed by atoms with Crippen molar-refractivity contribution in [3.63, 3.8) is 0 Å². The number of nitrogens with one attached hydrogen (secondary N) is 4. The van der Waals surface area contributed by atoms with Gasteiger partial charge in [0.05, 0.1) is 35.2 Å². The number of fused-ring (bicyclic) bond motifs is 3. The fourth-order valence-corrected chi connectivity index (χ4v) is 13.4. The zero-order valence-electron chi connectivity index (χ0n) is 47.2. The Morgan fingerprint density at radius 3 is 2.24 bits per heavy atom. The Labute approximate surface area is 523 Å². The van der Waals surface area contributed by atoms with Gasteiger partial charge < -0.3 is 66.0 Å². The Hall–Kier alpha value is -6.31. The van der Waals surface area contributed by atoms with Gasteiger partial charge >= 0.3 is 12.1 Å².